The van der Waals surface area contributed by atoms with Gasteiger partial charge in [-0.15, -0.1) is 10.2 Å². The van der Waals surface area contributed by atoms with Gasteiger partial charge in [0, 0.05) is 19.7 Å². The molecule has 0 fully saturated rings. The van der Waals surface area contributed by atoms with Crippen molar-refractivity contribution in [2.24, 2.45) is 0 Å². The van der Waals surface area contributed by atoms with Crippen LogP contribution < -0.4 is 10.1 Å². The predicted octanol–water partition coefficient (Wildman–Crippen LogP) is 2.17. The van der Waals surface area contributed by atoms with Crippen molar-refractivity contribution < 1.29 is 13.9 Å². The fourth-order valence-electron chi connectivity index (χ4n) is 2.30. The van der Waals surface area contributed by atoms with E-state index in [0.29, 0.717) is 18.3 Å². The molecule has 1 amide bonds. The van der Waals surface area contributed by atoms with Gasteiger partial charge in [0.1, 0.15) is 18.0 Å². The molecule has 0 aliphatic heterocycles. The summed E-state index contributed by atoms with van der Waals surface area (Å²) in [5, 5.41) is 10.7. The third-order valence-corrected chi connectivity index (χ3v) is 3.54. The SMILES string of the molecule is COc1ccc(CNC(=O)Cn2cccc2-c2nnc(C)o2)cc1. The normalized spacial score (nSPS) is 10.6. The lowest BCUT2D eigenvalue weighted by Crippen LogP contribution is -2.27. The molecule has 0 radical (unpaired) electrons. The van der Waals surface area contributed by atoms with Crippen molar-refractivity contribution >= 4 is 5.91 Å². The number of benzene rings is 1. The number of nitrogens with zero attached hydrogens (tertiary/aromatic N) is 3. The first-order valence-corrected chi connectivity index (χ1v) is 7.51. The van der Waals surface area contributed by atoms with Crippen LogP contribution in [0.1, 0.15) is 11.5 Å². The van der Waals surface area contributed by atoms with Crippen LogP contribution >= 0.6 is 0 Å². The van der Waals surface area contributed by atoms with E-state index in [4.69, 9.17) is 9.15 Å². The van der Waals surface area contributed by atoms with E-state index < -0.39 is 0 Å². The maximum atomic E-state index is 12.2. The van der Waals surface area contributed by atoms with Gasteiger partial charge in [-0.25, -0.2) is 0 Å². The molecule has 2 aromatic heterocycles. The number of rotatable bonds is 6. The van der Waals surface area contributed by atoms with E-state index in [9.17, 15) is 4.79 Å². The van der Waals surface area contributed by atoms with Crippen molar-refractivity contribution in [3.8, 4) is 17.3 Å². The number of carbonyl (C=O) groups is 1. The molecule has 0 atom stereocenters. The number of hydrogen-bond donors (Lipinski definition) is 1. The fourth-order valence-corrected chi connectivity index (χ4v) is 2.30. The average Bonchev–Trinajstić information content (AvgIpc) is 3.22. The lowest BCUT2D eigenvalue weighted by atomic mass is 10.2. The van der Waals surface area contributed by atoms with Crippen molar-refractivity contribution in [2.75, 3.05) is 7.11 Å². The van der Waals surface area contributed by atoms with Crippen molar-refractivity contribution in [3.63, 3.8) is 0 Å². The number of amides is 1. The van der Waals surface area contributed by atoms with E-state index in [0.717, 1.165) is 17.0 Å². The van der Waals surface area contributed by atoms with Crippen molar-refractivity contribution in [3.05, 3.63) is 54.0 Å². The summed E-state index contributed by atoms with van der Waals surface area (Å²) in [5.74, 6) is 1.58. The molecule has 0 aliphatic rings. The molecule has 3 aromatic rings. The Bertz CT molecular complexity index is 820. The third kappa shape index (κ3) is 3.62. The van der Waals surface area contributed by atoms with Gasteiger partial charge in [-0.3, -0.25) is 4.79 Å². The van der Waals surface area contributed by atoms with Gasteiger partial charge in [0.25, 0.3) is 5.89 Å². The third-order valence-electron chi connectivity index (χ3n) is 3.54. The fraction of sp³-hybridized carbons (Fsp3) is 0.235. The van der Waals surface area contributed by atoms with Gasteiger partial charge in [-0.2, -0.15) is 0 Å². The number of aryl methyl sites for hydroxylation is 1. The second-order valence-corrected chi connectivity index (χ2v) is 5.27. The molecule has 24 heavy (non-hydrogen) atoms. The van der Waals surface area contributed by atoms with Crippen molar-refractivity contribution in [2.45, 2.75) is 20.0 Å². The molecule has 0 bridgehead atoms. The first-order chi connectivity index (χ1) is 11.7. The van der Waals surface area contributed by atoms with Crippen LogP contribution in [0.5, 0.6) is 5.75 Å². The van der Waals surface area contributed by atoms with E-state index in [1.165, 1.54) is 0 Å². The lowest BCUT2D eigenvalue weighted by molar-refractivity contribution is -0.121. The summed E-state index contributed by atoms with van der Waals surface area (Å²) in [6, 6.07) is 11.2. The van der Waals surface area contributed by atoms with Crippen molar-refractivity contribution in [1.29, 1.82) is 0 Å². The molecule has 124 valence electrons. The summed E-state index contributed by atoms with van der Waals surface area (Å²) in [4.78, 5) is 12.2. The van der Waals surface area contributed by atoms with Gasteiger partial charge in [0.2, 0.25) is 11.8 Å². The standard InChI is InChI=1S/C17H18N4O3/c1-12-19-20-17(24-12)15-4-3-9-21(15)11-16(22)18-10-13-5-7-14(23-2)8-6-13/h3-9H,10-11H2,1-2H3,(H,18,22). The number of methoxy groups -OCH3 is 1. The molecule has 7 heteroatoms. The molecule has 0 aliphatic carbocycles. The van der Waals surface area contributed by atoms with Crippen LogP contribution in [-0.4, -0.2) is 27.8 Å². The molecular weight excluding hydrogens is 308 g/mol. The second kappa shape index (κ2) is 6.99. The Hall–Kier alpha value is -3.09. The largest absolute Gasteiger partial charge is 0.497 e. The van der Waals surface area contributed by atoms with Crippen LogP contribution in [0.15, 0.2) is 47.0 Å². The Morgan fingerprint density at radius 2 is 2.04 bits per heavy atom. The summed E-state index contributed by atoms with van der Waals surface area (Å²) in [6.07, 6.45) is 1.81. The summed E-state index contributed by atoms with van der Waals surface area (Å²) in [7, 11) is 1.62. The van der Waals surface area contributed by atoms with Gasteiger partial charge < -0.3 is 19.0 Å². The Kier molecular flexibility index (Phi) is 4.60. The predicted molar refractivity (Wildman–Crippen MR) is 87.3 cm³/mol. The van der Waals surface area contributed by atoms with Crippen LogP contribution in [-0.2, 0) is 17.9 Å². The summed E-state index contributed by atoms with van der Waals surface area (Å²) >= 11 is 0. The summed E-state index contributed by atoms with van der Waals surface area (Å²) in [6.45, 7) is 2.37. The molecule has 3 rings (SSSR count). The van der Waals surface area contributed by atoms with Crippen LogP contribution in [0.3, 0.4) is 0 Å². The molecule has 1 aromatic carbocycles. The van der Waals surface area contributed by atoms with E-state index in [-0.39, 0.29) is 12.5 Å². The Morgan fingerprint density at radius 1 is 1.25 bits per heavy atom. The lowest BCUT2D eigenvalue weighted by Gasteiger charge is -2.09. The second-order valence-electron chi connectivity index (χ2n) is 5.27. The van der Waals surface area contributed by atoms with E-state index in [1.54, 1.807) is 18.6 Å². The number of ether oxygens (including phenoxy) is 1. The Balaban J connectivity index is 1.60. The summed E-state index contributed by atoms with van der Waals surface area (Å²) in [5.41, 5.74) is 1.72. The maximum absolute atomic E-state index is 12.2. The highest BCUT2D eigenvalue weighted by Gasteiger charge is 2.13. The molecule has 0 saturated heterocycles. The summed E-state index contributed by atoms with van der Waals surface area (Å²) < 4.78 is 12.3. The smallest absolute Gasteiger partial charge is 0.264 e. The molecule has 0 saturated carbocycles. The van der Waals surface area contributed by atoms with Crippen LogP contribution in [0.4, 0.5) is 0 Å². The molecule has 0 spiro atoms. The molecule has 2 heterocycles. The van der Waals surface area contributed by atoms with Crippen LogP contribution in [0.2, 0.25) is 0 Å². The molecule has 0 unspecified atom stereocenters. The topological polar surface area (TPSA) is 82.2 Å². The minimum Gasteiger partial charge on any atom is -0.497 e. The van der Waals surface area contributed by atoms with Gasteiger partial charge in [0.05, 0.1) is 7.11 Å². The maximum Gasteiger partial charge on any atom is 0.264 e. The molecule has 7 nitrogen and oxygen atoms in total. The first-order valence-electron chi connectivity index (χ1n) is 7.51. The number of nitrogens with one attached hydrogen (secondary N) is 1. The first kappa shape index (κ1) is 15.8. The van der Waals surface area contributed by atoms with Gasteiger partial charge in [-0.05, 0) is 29.8 Å². The Morgan fingerprint density at radius 3 is 2.71 bits per heavy atom. The van der Waals surface area contributed by atoms with Gasteiger partial charge in [0.15, 0.2) is 0 Å². The average molecular weight is 326 g/mol. The zero-order chi connectivity index (χ0) is 16.9. The van der Waals surface area contributed by atoms with Crippen molar-refractivity contribution in [1.82, 2.24) is 20.1 Å². The highest BCUT2D eigenvalue weighted by molar-refractivity contribution is 5.76. The zero-order valence-corrected chi connectivity index (χ0v) is 13.5. The quantitative estimate of drug-likeness (QED) is 0.751. The number of carbonyl (C=O) groups excluding carboxylic acids is 1. The Labute approximate surface area is 139 Å². The minimum absolute atomic E-state index is 0.0977. The van der Waals surface area contributed by atoms with E-state index in [1.807, 2.05) is 42.6 Å². The molecule has 1 N–H and O–H groups in total. The van der Waals surface area contributed by atoms with Crippen LogP contribution in [0, 0.1) is 6.92 Å². The van der Waals surface area contributed by atoms with E-state index in [2.05, 4.69) is 15.5 Å². The number of aromatic nitrogens is 3. The highest BCUT2D eigenvalue weighted by atomic mass is 16.5. The monoisotopic (exact) mass is 326 g/mol. The van der Waals surface area contributed by atoms with Gasteiger partial charge in [-0.1, -0.05) is 12.1 Å². The van der Waals surface area contributed by atoms with Gasteiger partial charge >= 0.3 is 0 Å². The number of hydrogen-bond acceptors (Lipinski definition) is 5. The van der Waals surface area contributed by atoms with Crippen LogP contribution in [0.25, 0.3) is 11.6 Å². The zero-order valence-electron chi connectivity index (χ0n) is 13.5. The highest BCUT2D eigenvalue weighted by Crippen LogP contribution is 2.18. The minimum atomic E-state index is -0.0977. The van der Waals surface area contributed by atoms with E-state index >= 15 is 0 Å². The molecular formula is C17H18N4O3.